The van der Waals surface area contributed by atoms with Crippen molar-refractivity contribution < 1.29 is 14.3 Å². The van der Waals surface area contributed by atoms with Gasteiger partial charge in [-0.05, 0) is 29.8 Å². The fraction of sp³-hybridized carbons (Fsp3) is 0.333. The molecule has 1 fully saturated rings. The molecule has 3 rings (SSSR count). The highest BCUT2D eigenvalue weighted by atomic mass is 16.6. The number of hydrogen-bond donors (Lipinski definition) is 0. The molecule has 0 atom stereocenters. The van der Waals surface area contributed by atoms with Gasteiger partial charge in [0.05, 0.1) is 0 Å². The minimum absolute atomic E-state index is 0.00221. The standard InChI is InChI=1S/C21H25N3O3/c1-22(2)19-10-8-18(9-11-19)20(25)23-12-14-24(15-13-23)21(26)27-16-17-6-4-3-5-7-17/h3-11H,12-16H2,1-2H3. The van der Waals surface area contributed by atoms with Crippen molar-refractivity contribution in [3.05, 3.63) is 65.7 Å². The molecule has 0 aliphatic carbocycles. The Hall–Kier alpha value is -3.02. The Balaban J connectivity index is 1.49. The highest BCUT2D eigenvalue weighted by Crippen LogP contribution is 2.15. The molecule has 2 aromatic carbocycles. The minimum Gasteiger partial charge on any atom is -0.445 e. The van der Waals surface area contributed by atoms with Gasteiger partial charge in [-0.2, -0.15) is 0 Å². The second kappa shape index (κ2) is 8.58. The number of rotatable bonds is 4. The Bertz CT molecular complexity index is 767. The summed E-state index contributed by atoms with van der Waals surface area (Å²) in [7, 11) is 3.93. The average molecular weight is 367 g/mol. The molecule has 0 bridgehead atoms. The molecule has 27 heavy (non-hydrogen) atoms. The Morgan fingerprint density at radius 3 is 2.07 bits per heavy atom. The zero-order valence-corrected chi connectivity index (χ0v) is 15.8. The zero-order chi connectivity index (χ0) is 19.2. The van der Waals surface area contributed by atoms with Crippen LogP contribution in [0.4, 0.5) is 10.5 Å². The van der Waals surface area contributed by atoms with Gasteiger partial charge in [-0.1, -0.05) is 30.3 Å². The van der Waals surface area contributed by atoms with Crippen molar-refractivity contribution in [1.82, 2.24) is 9.80 Å². The van der Waals surface area contributed by atoms with Crippen LogP contribution in [0.5, 0.6) is 0 Å². The van der Waals surface area contributed by atoms with E-state index in [1.165, 1.54) is 0 Å². The van der Waals surface area contributed by atoms with Crippen molar-refractivity contribution in [3.63, 3.8) is 0 Å². The molecule has 1 aliphatic heterocycles. The van der Waals surface area contributed by atoms with Gasteiger partial charge in [0.2, 0.25) is 0 Å². The van der Waals surface area contributed by atoms with Crippen LogP contribution in [0.2, 0.25) is 0 Å². The Morgan fingerprint density at radius 2 is 1.48 bits per heavy atom. The van der Waals surface area contributed by atoms with Crippen LogP contribution in [0.3, 0.4) is 0 Å². The molecular formula is C21H25N3O3. The number of anilines is 1. The predicted molar refractivity (Wildman–Crippen MR) is 105 cm³/mol. The molecule has 2 amide bonds. The van der Waals surface area contributed by atoms with E-state index in [0.29, 0.717) is 31.7 Å². The van der Waals surface area contributed by atoms with E-state index in [2.05, 4.69) is 0 Å². The van der Waals surface area contributed by atoms with Gasteiger partial charge < -0.3 is 19.4 Å². The van der Waals surface area contributed by atoms with Gasteiger partial charge in [-0.25, -0.2) is 4.79 Å². The monoisotopic (exact) mass is 367 g/mol. The average Bonchev–Trinajstić information content (AvgIpc) is 2.72. The van der Waals surface area contributed by atoms with E-state index < -0.39 is 0 Å². The van der Waals surface area contributed by atoms with Crippen LogP contribution in [-0.2, 0) is 11.3 Å². The normalized spacial score (nSPS) is 14.0. The summed E-state index contributed by atoms with van der Waals surface area (Å²) < 4.78 is 5.36. The molecule has 0 saturated carbocycles. The highest BCUT2D eigenvalue weighted by molar-refractivity contribution is 5.94. The van der Waals surface area contributed by atoms with Gasteiger partial charge in [-0.15, -0.1) is 0 Å². The molecule has 0 unspecified atom stereocenters. The fourth-order valence-corrected chi connectivity index (χ4v) is 2.99. The van der Waals surface area contributed by atoms with Gasteiger partial charge in [0, 0.05) is 51.5 Å². The number of nitrogens with zero attached hydrogens (tertiary/aromatic N) is 3. The maximum absolute atomic E-state index is 12.6. The van der Waals surface area contributed by atoms with Crippen LogP contribution in [-0.4, -0.2) is 62.1 Å². The first kappa shape index (κ1) is 18.8. The van der Waals surface area contributed by atoms with Gasteiger partial charge in [-0.3, -0.25) is 4.79 Å². The summed E-state index contributed by atoms with van der Waals surface area (Å²) in [4.78, 5) is 30.3. The molecule has 6 nitrogen and oxygen atoms in total. The van der Waals surface area contributed by atoms with Crippen LogP contribution in [0.25, 0.3) is 0 Å². The van der Waals surface area contributed by atoms with E-state index in [0.717, 1.165) is 11.3 Å². The molecule has 1 heterocycles. The molecule has 6 heteroatoms. The van der Waals surface area contributed by atoms with Crippen molar-refractivity contribution in [2.45, 2.75) is 6.61 Å². The third-order valence-electron chi connectivity index (χ3n) is 4.66. The first-order valence-corrected chi connectivity index (χ1v) is 9.07. The van der Waals surface area contributed by atoms with Gasteiger partial charge in [0.15, 0.2) is 0 Å². The summed E-state index contributed by atoms with van der Waals surface area (Å²) in [5.41, 5.74) is 2.68. The van der Waals surface area contributed by atoms with Crippen LogP contribution < -0.4 is 4.90 Å². The number of ether oxygens (including phenoxy) is 1. The molecule has 0 radical (unpaired) electrons. The smallest absolute Gasteiger partial charge is 0.410 e. The van der Waals surface area contributed by atoms with Gasteiger partial charge >= 0.3 is 6.09 Å². The van der Waals surface area contributed by atoms with E-state index in [9.17, 15) is 9.59 Å². The third kappa shape index (κ3) is 4.78. The summed E-state index contributed by atoms with van der Waals surface area (Å²) in [6.07, 6.45) is -0.332. The zero-order valence-electron chi connectivity index (χ0n) is 15.8. The molecule has 2 aromatic rings. The lowest BCUT2D eigenvalue weighted by Gasteiger charge is -2.34. The molecule has 142 valence electrons. The van der Waals surface area contributed by atoms with E-state index >= 15 is 0 Å². The molecule has 1 saturated heterocycles. The summed E-state index contributed by atoms with van der Waals surface area (Å²) >= 11 is 0. The first-order chi connectivity index (χ1) is 13.0. The topological polar surface area (TPSA) is 53.1 Å². The van der Waals surface area contributed by atoms with Crippen molar-refractivity contribution in [3.8, 4) is 0 Å². The van der Waals surface area contributed by atoms with Crippen LogP contribution in [0.1, 0.15) is 15.9 Å². The molecule has 0 aromatic heterocycles. The van der Waals surface area contributed by atoms with Crippen molar-refractivity contribution >= 4 is 17.7 Å². The van der Waals surface area contributed by atoms with Gasteiger partial charge in [0.25, 0.3) is 5.91 Å². The summed E-state index contributed by atoms with van der Waals surface area (Å²) in [5, 5.41) is 0. The van der Waals surface area contributed by atoms with E-state index in [4.69, 9.17) is 4.74 Å². The van der Waals surface area contributed by atoms with Crippen LogP contribution >= 0.6 is 0 Å². The number of piperazine rings is 1. The molecule has 1 aliphatic rings. The second-order valence-corrected chi connectivity index (χ2v) is 6.76. The number of carbonyl (C=O) groups excluding carboxylic acids is 2. The number of hydrogen-bond acceptors (Lipinski definition) is 4. The Labute approximate surface area is 159 Å². The molecule has 0 spiro atoms. The number of benzene rings is 2. The summed E-state index contributed by atoms with van der Waals surface area (Å²) in [6, 6.07) is 17.2. The highest BCUT2D eigenvalue weighted by Gasteiger charge is 2.25. The molecule has 0 N–H and O–H groups in total. The van der Waals surface area contributed by atoms with Crippen molar-refractivity contribution in [2.75, 3.05) is 45.2 Å². The first-order valence-electron chi connectivity index (χ1n) is 9.07. The fourth-order valence-electron chi connectivity index (χ4n) is 2.99. The SMILES string of the molecule is CN(C)c1ccc(C(=O)N2CCN(C(=O)OCc3ccccc3)CC2)cc1. The lowest BCUT2D eigenvalue weighted by atomic mass is 10.1. The minimum atomic E-state index is -0.332. The van der Waals surface area contributed by atoms with E-state index in [1.807, 2.05) is 73.6 Å². The van der Waals surface area contributed by atoms with Crippen molar-refractivity contribution in [2.24, 2.45) is 0 Å². The third-order valence-corrected chi connectivity index (χ3v) is 4.66. The van der Waals surface area contributed by atoms with E-state index in [1.54, 1.807) is 9.80 Å². The maximum atomic E-state index is 12.6. The van der Waals surface area contributed by atoms with E-state index in [-0.39, 0.29) is 18.6 Å². The summed E-state index contributed by atoms with van der Waals surface area (Å²) in [6.45, 7) is 2.24. The largest absolute Gasteiger partial charge is 0.445 e. The van der Waals surface area contributed by atoms with Crippen LogP contribution in [0.15, 0.2) is 54.6 Å². The maximum Gasteiger partial charge on any atom is 0.410 e. The van der Waals surface area contributed by atoms with Crippen molar-refractivity contribution in [1.29, 1.82) is 0 Å². The number of carbonyl (C=O) groups is 2. The van der Waals surface area contributed by atoms with Gasteiger partial charge in [0.1, 0.15) is 6.61 Å². The predicted octanol–water partition coefficient (Wildman–Crippen LogP) is 2.85. The number of amides is 2. The quantitative estimate of drug-likeness (QED) is 0.834. The second-order valence-electron chi connectivity index (χ2n) is 6.76. The summed E-state index contributed by atoms with van der Waals surface area (Å²) in [5.74, 6) is -0.00221. The van der Waals surface area contributed by atoms with Crippen LogP contribution in [0, 0.1) is 0 Å². The molecular weight excluding hydrogens is 342 g/mol. The Kier molecular flexibility index (Phi) is 5.96. The lowest BCUT2D eigenvalue weighted by molar-refractivity contribution is 0.0544. The lowest BCUT2D eigenvalue weighted by Crippen LogP contribution is -2.50. The Morgan fingerprint density at radius 1 is 0.889 bits per heavy atom.